The molecule has 0 saturated heterocycles. The normalized spacial score (nSPS) is 19.6. The number of para-hydroxylation sites is 2. The fraction of sp³-hybridized carbons (Fsp3) is 0.159. The van der Waals surface area contributed by atoms with Crippen LogP contribution in [0.2, 0.25) is 0 Å². The first-order valence-corrected chi connectivity index (χ1v) is 16.7. The summed E-state index contributed by atoms with van der Waals surface area (Å²) in [7, 11) is 0. The zero-order valence-corrected chi connectivity index (χ0v) is 26.5. The van der Waals surface area contributed by atoms with Crippen molar-refractivity contribution in [1.82, 2.24) is 9.13 Å². The molecular weight excluding hydrogens is 571 g/mol. The standard InChI is InChI=1S/C44H35N3/c1-44(47-42-22-8-4-17-36(42)37-18-5-9-23-43(37)47)26-11-10-19-39(44)38-27-30(29-45)24-25-33(38)31-13-12-14-32(28-31)46-40-20-6-2-15-34(40)35-16-3-7-21-41(35)46/h2-6,8,10-20,22,24-28,39H,7,9,21,23H2,1H3/t39?,44-/m0/s1. The topological polar surface area (TPSA) is 33.6 Å². The molecule has 0 aliphatic heterocycles. The predicted octanol–water partition coefficient (Wildman–Crippen LogP) is 10.7. The lowest BCUT2D eigenvalue weighted by atomic mass is 9.74. The lowest BCUT2D eigenvalue weighted by Gasteiger charge is -2.40. The molecule has 2 aromatic heterocycles. The van der Waals surface area contributed by atoms with Gasteiger partial charge in [-0.3, -0.25) is 0 Å². The Bertz CT molecular complexity index is 2400. The average molecular weight is 606 g/mol. The third-order valence-corrected chi connectivity index (χ3v) is 10.6. The summed E-state index contributed by atoms with van der Waals surface area (Å²) in [4.78, 5) is 0. The second-order valence-corrected chi connectivity index (χ2v) is 13.2. The van der Waals surface area contributed by atoms with Crippen LogP contribution >= 0.6 is 0 Å². The minimum absolute atomic E-state index is 0.00979. The molecule has 1 unspecified atom stereocenters. The van der Waals surface area contributed by atoms with Crippen LogP contribution in [-0.4, -0.2) is 9.13 Å². The van der Waals surface area contributed by atoms with Crippen LogP contribution in [0, 0.1) is 11.3 Å². The summed E-state index contributed by atoms with van der Waals surface area (Å²) in [6.07, 6.45) is 22.4. The Balaban J connectivity index is 1.24. The molecule has 0 amide bonds. The van der Waals surface area contributed by atoms with E-state index in [0.717, 1.165) is 36.8 Å². The number of aromatic nitrogens is 2. The van der Waals surface area contributed by atoms with Gasteiger partial charge < -0.3 is 9.13 Å². The number of rotatable bonds is 4. The van der Waals surface area contributed by atoms with Crippen molar-refractivity contribution >= 4 is 34.0 Å². The van der Waals surface area contributed by atoms with Crippen molar-refractivity contribution in [1.29, 1.82) is 5.26 Å². The Hall–Kier alpha value is -5.59. The average Bonchev–Trinajstić information content (AvgIpc) is 3.65. The Kier molecular flexibility index (Phi) is 6.34. The summed E-state index contributed by atoms with van der Waals surface area (Å²) in [5.74, 6) is 0.00979. The molecule has 6 aromatic rings. The fourth-order valence-electron chi connectivity index (χ4n) is 8.51. The number of nitriles is 1. The van der Waals surface area contributed by atoms with E-state index < -0.39 is 0 Å². The number of hydrogen-bond donors (Lipinski definition) is 0. The second kappa shape index (κ2) is 10.7. The highest BCUT2D eigenvalue weighted by molar-refractivity contribution is 5.94. The van der Waals surface area contributed by atoms with Crippen LogP contribution in [-0.2, 0) is 18.4 Å². The van der Waals surface area contributed by atoms with Crippen LogP contribution in [0.4, 0.5) is 0 Å². The molecule has 226 valence electrons. The Morgan fingerprint density at radius 3 is 2.28 bits per heavy atom. The molecule has 3 aliphatic rings. The molecule has 2 heterocycles. The van der Waals surface area contributed by atoms with E-state index >= 15 is 0 Å². The SMILES string of the molecule is C[C@]1(n2c3c(c4ccccc42)C=CCC3)C=CC=CC1c1cc(C#N)ccc1-c1cccc(-n2c3c(c4ccccc42)C=CCC3)c1. The first-order chi connectivity index (χ1) is 23.2. The highest BCUT2D eigenvalue weighted by Crippen LogP contribution is 2.48. The van der Waals surface area contributed by atoms with Crippen LogP contribution in [0.5, 0.6) is 0 Å². The molecule has 0 bridgehead atoms. The first-order valence-electron chi connectivity index (χ1n) is 16.7. The van der Waals surface area contributed by atoms with Crippen LogP contribution < -0.4 is 0 Å². The van der Waals surface area contributed by atoms with E-state index in [1.807, 2.05) is 6.07 Å². The number of fused-ring (bicyclic) bond motifs is 6. The van der Waals surface area contributed by atoms with Crippen molar-refractivity contribution in [3.05, 3.63) is 161 Å². The van der Waals surface area contributed by atoms with Gasteiger partial charge in [-0.1, -0.05) is 103 Å². The summed E-state index contributed by atoms with van der Waals surface area (Å²) >= 11 is 0. The van der Waals surface area contributed by atoms with E-state index in [1.54, 1.807) is 0 Å². The molecule has 9 rings (SSSR count). The molecule has 0 spiro atoms. The minimum atomic E-state index is -0.379. The van der Waals surface area contributed by atoms with E-state index in [2.05, 4.69) is 156 Å². The van der Waals surface area contributed by atoms with Gasteiger partial charge in [0.05, 0.1) is 22.7 Å². The summed E-state index contributed by atoms with van der Waals surface area (Å²) in [5.41, 5.74) is 12.9. The maximum Gasteiger partial charge on any atom is 0.0991 e. The monoisotopic (exact) mass is 605 g/mol. The van der Waals surface area contributed by atoms with Gasteiger partial charge in [0.1, 0.15) is 0 Å². The number of allylic oxidation sites excluding steroid dienone is 6. The van der Waals surface area contributed by atoms with Gasteiger partial charge in [-0.25, -0.2) is 0 Å². The van der Waals surface area contributed by atoms with Gasteiger partial charge in [-0.15, -0.1) is 0 Å². The zero-order valence-electron chi connectivity index (χ0n) is 26.5. The van der Waals surface area contributed by atoms with E-state index in [9.17, 15) is 5.26 Å². The molecule has 3 aliphatic carbocycles. The van der Waals surface area contributed by atoms with Gasteiger partial charge in [0.25, 0.3) is 0 Å². The molecule has 0 N–H and O–H groups in total. The molecule has 0 radical (unpaired) electrons. The maximum atomic E-state index is 10.1. The molecule has 4 aromatic carbocycles. The highest BCUT2D eigenvalue weighted by Gasteiger charge is 2.39. The summed E-state index contributed by atoms with van der Waals surface area (Å²) in [5, 5.41) is 12.7. The quantitative estimate of drug-likeness (QED) is 0.197. The molecule has 2 atom stereocenters. The van der Waals surface area contributed by atoms with Gasteiger partial charge in [0, 0.05) is 50.4 Å². The third kappa shape index (κ3) is 4.18. The lowest BCUT2D eigenvalue weighted by molar-refractivity contribution is 0.366. The van der Waals surface area contributed by atoms with Crippen LogP contribution in [0.1, 0.15) is 59.3 Å². The zero-order chi connectivity index (χ0) is 31.5. The van der Waals surface area contributed by atoms with E-state index in [1.165, 1.54) is 55.6 Å². The predicted molar refractivity (Wildman–Crippen MR) is 195 cm³/mol. The van der Waals surface area contributed by atoms with E-state index in [4.69, 9.17) is 0 Å². The van der Waals surface area contributed by atoms with Crippen molar-refractivity contribution in [3.8, 4) is 22.9 Å². The number of nitrogens with zero attached hydrogens (tertiary/aromatic N) is 3. The van der Waals surface area contributed by atoms with Gasteiger partial charge in [0.15, 0.2) is 0 Å². The fourth-order valence-corrected chi connectivity index (χ4v) is 8.51. The molecule has 3 nitrogen and oxygen atoms in total. The Morgan fingerprint density at radius 2 is 1.47 bits per heavy atom. The lowest BCUT2D eigenvalue weighted by Crippen LogP contribution is -2.37. The highest BCUT2D eigenvalue weighted by atomic mass is 15.1. The summed E-state index contributed by atoms with van der Waals surface area (Å²) in [6, 6.07) is 35.3. The van der Waals surface area contributed by atoms with E-state index in [0.29, 0.717) is 5.56 Å². The van der Waals surface area contributed by atoms with E-state index in [-0.39, 0.29) is 11.5 Å². The van der Waals surface area contributed by atoms with Crippen molar-refractivity contribution in [2.45, 2.75) is 44.1 Å². The summed E-state index contributed by atoms with van der Waals surface area (Å²) in [6.45, 7) is 2.37. The van der Waals surface area contributed by atoms with Gasteiger partial charge in [0.2, 0.25) is 0 Å². The number of hydrogen-bond acceptors (Lipinski definition) is 1. The molecule has 0 saturated carbocycles. The molecule has 47 heavy (non-hydrogen) atoms. The largest absolute Gasteiger partial charge is 0.334 e. The smallest absolute Gasteiger partial charge is 0.0991 e. The minimum Gasteiger partial charge on any atom is -0.334 e. The first kappa shape index (κ1) is 27.7. The summed E-state index contributed by atoms with van der Waals surface area (Å²) < 4.78 is 5.05. The van der Waals surface area contributed by atoms with Crippen LogP contribution in [0.3, 0.4) is 0 Å². The third-order valence-electron chi connectivity index (χ3n) is 10.6. The van der Waals surface area contributed by atoms with Crippen molar-refractivity contribution in [3.63, 3.8) is 0 Å². The van der Waals surface area contributed by atoms with Crippen molar-refractivity contribution in [2.75, 3.05) is 0 Å². The van der Waals surface area contributed by atoms with Gasteiger partial charge in [-0.05, 0) is 85.7 Å². The Labute approximate surface area is 275 Å². The number of benzene rings is 4. The molecule has 3 heteroatoms. The van der Waals surface area contributed by atoms with Crippen molar-refractivity contribution in [2.24, 2.45) is 0 Å². The molecule has 0 fully saturated rings. The maximum absolute atomic E-state index is 10.1. The van der Waals surface area contributed by atoms with Gasteiger partial charge in [-0.2, -0.15) is 5.26 Å². The van der Waals surface area contributed by atoms with Crippen LogP contribution in [0.25, 0.3) is 50.8 Å². The van der Waals surface area contributed by atoms with Crippen LogP contribution in [0.15, 0.2) is 127 Å². The van der Waals surface area contributed by atoms with Crippen molar-refractivity contribution < 1.29 is 0 Å². The molecular formula is C44H35N3. The second-order valence-electron chi connectivity index (χ2n) is 13.2. The Morgan fingerprint density at radius 1 is 0.745 bits per heavy atom. The van der Waals surface area contributed by atoms with Gasteiger partial charge >= 0.3 is 0 Å².